The number of amides is 1. The Labute approximate surface area is 146 Å². The van der Waals surface area contributed by atoms with Crippen LogP contribution in [0.5, 0.6) is 0 Å². The lowest BCUT2D eigenvalue weighted by molar-refractivity contribution is -0.0957. The first-order chi connectivity index (χ1) is 12.2. The van der Waals surface area contributed by atoms with Crippen LogP contribution >= 0.6 is 0 Å². The third kappa shape index (κ3) is 3.45. The molecule has 0 atom stereocenters. The number of hydrogen-bond acceptors (Lipinski definition) is 5. The van der Waals surface area contributed by atoms with Crippen LogP contribution in [0.3, 0.4) is 0 Å². The molecule has 4 rings (SSSR count). The maximum absolute atomic E-state index is 12.7. The summed E-state index contributed by atoms with van der Waals surface area (Å²) in [5, 5.41) is 4.05. The zero-order valence-electron chi connectivity index (χ0n) is 14.3. The van der Waals surface area contributed by atoms with E-state index in [-0.39, 0.29) is 12.2 Å². The number of piperidine rings is 1. The highest BCUT2D eigenvalue weighted by Crippen LogP contribution is 2.27. The molecule has 0 saturated carbocycles. The van der Waals surface area contributed by atoms with E-state index in [1.807, 2.05) is 36.1 Å². The number of ether oxygens (including phenoxy) is 2. The van der Waals surface area contributed by atoms with Gasteiger partial charge in [0, 0.05) is 30.6 Å². The molecule has 6 nitrogen and oxygen atoms in total. The standard InChI is InChI=1S/C19H22N2O4/c1-13-2-4-14(5-3-13)16-12-17(25-20-16)18(22)21-8-6-15(7-9-21)19-23-10-11-24-19/h2-5,12,15,19H,6-11H2,1H3. The largest absolute Gasteiger partial charge is 0.350 e. The predicted molar refractivity (Wildman–Crippen MR) is 91.0 cm³/mol. The number of rotatable bonds is 3. The highest BCUT2D eigenvalue weighted by Gasteiger charge is 2.32. The highest BCUT2D eigenvalue weighted by molar-refractivity contribution is 5.92. The fourth-order valence-corrected chi connectivity index (χ4v) is 3.42. The molecule has 0 bridgehead atoms. The quantitative estimate of drug-likeness (QED) is 0.858. The average Bonchev–Trinajstić information content (AvgIpc) is 3.34. The SMILES string of the molecule is Cc1ccc(-c2cc(C(=O)N3CCC(C4OCCO4)CC3)on2)cc1. The number of nitrogens with zero attached hydrogens (tertiary/aromatic N) is 2. The summed E-state index contributed by atoms with van der Waals surface area (Å²) in [6.45, 7) is 4.75. The minimum Gasteiger partial charge on any atom is -0.350 e. The summed E-state index contributed by atoms with van der Waals surface area (Å²) >= 11 is 0. The normalized spacial score (nSPS) is 19.5. The van der Waals surface area contributed by atoms with Gasteiger partial charge < -0.3 is 18.9 Å². The average molecular weight is 342 g/mol. The molecular formula is C19H22N2O4. The Morgan fingerprint density at radius 2 is 1.80 bits per heavy atom. The van der Waals surface area contributed by atoms with Crippen LogP contribution in [0.4, 0.5) is 0 Å². The summed E-state index contributed by atoms with van der Waals surface area (Å²) in [6.07, 6.45) is 1.67. The van der Waals surface area contributed by atoms with E-state index < -0.39 is 0 Å². The molecule has 132 valence electrons. The van der Waals surface area contributed by atoms with Gasteiger partial charge in [-0.1, -0.05) is 35.0 Å². The van der Waals surface area contributed by atoms with Crippen molar-refractivity contribution in [2.45, 2.75) is 26.1 Å². The van der Waals surface area contributed by atoms with Crippen molar-refractivity contribution >= 4 is 5.91 Å². The third-order valence-electron chi connectivity index (χ3n) is 4.93. The minimum absolute atomic E-state index is 0.0995. The minimum atomic E-state index is -0.101. The molecular weight excluding hydrogens is 320 g/mol. The lowest BCUT2D eigenvalue weighted by atomic mass is 9.96. The van der Waals surface area contributed by atoms with E-state index in [2.05, 4.69) is 5.16 Å². The van der Waals surface area contributed by atoms with Crippen LogP contribution in [-0.2, 0) is 9.47 Å². The first-order valence-electron chi connectivity index (χ1n) is 8.77. The summed E-state index contributed by atoms with van der Waals surface area (Å²) in [5.41, 5.74) is 2.82. The third-order valence-corrected chi connectivity index (χ3v) is 4.93. The summed E-state index contributed by atoms with van der Waals surface area (Å²) in [7, 11) is 0. The van der Waals surface area contributed by atoms with Crippen molar-refractivity contribution in [2.24, 2.45) is 5.92 Å². The van der Waals surface area contributed by atoms with Gasteiger partial charge in [0.25, 0.3) is 5.91 Å². The molecule has 0 unspecified atom stereocenters. The Hall–Kier alpha value is -2.18. The second-order valence-electron chi connectivity index (χ2n) is 6.68. The molecule has 25 heavy (non-hydrogen) atoms. The van der Waals surface area contributed by atoms with Crippen LogP contribution in [0.1, 0.15) is 29.0 Å². The number of aryl methyl sites for hydroxylation is 1. The topological polar surface area (TPSA) is 64.8 Å². The predicted octanol–water partition coefficient (Wildman–Crippen LogP) is 2.88. The molecule has 6 heteroatoms. The Bertz CT molecular complexity index is 726. The summed E-state index contributed by atoms with van der Waals surface area (Å²) in [4.78, 5) is 14.5. The fourth-order valence-electron chi connectivity index (χ4n) is 3.42. The van der Waals surface area contributed by atoms with E-state index in [1.165, 1.54) is 5.56 Å². The maximum Gasteiger partial charge on any atom is 0.292 e. The smallest absolute Gasteiger partial charge is 0.292 e. The van der Waals surface area contributed by atoms with E-state index in [0.29, 0.717) is 43.7 Å². The lowest BCUT2D eigenvalue weighted by Crippen LogP contribution is -2.41. The van der Waals surface area contributed by atoms with Crippen LogP contribution in [0, 0.1) is 12.8 Å². The van der Waals surface area contributed by atoms with Gasteiger partial charge in [-0.25, -0.2) is 0 Å². The van der Waals surface area contributed by atoms with Gasteiger partial charge in [-0.05, 0) is 19.8 Å². The van der Waals surface area contributed by atoms with Crippen LogP contribution in [0.15, 0.2) is 34.9 Å². The van der Waals surface area contributed by atoms with Crippen LogP contribution in [-0.4, -0.2) is 48.6 Å². The molecule has 0 aliphatic carbocycles. The Balaban J connectivity index is 1.39. The van der Waals surface area contributed by atoms with Crippen molar-refractivity contribution in [3.05, 3.63) is 41.7 Å². The van der Waals surface area contributed by atoms with Crippen molar-refractivity contribution in [3.8, 4) is 11.3 Å². The summed E-state index contributed by atoms with van der Waals surface area (Å²) in [5.74, 6) is 0.560. The van der Waals surface area contributed by atoms with Crippen molar-refractivity contribution in [2.75, 3.05) is 26.3 Å². The number of likely N-dealkylation sites (tertiary alicyclic amines) is 1. The van der Waals surface area contributed by atoms with Gasteiger partial charge >= 0.3 is 0 Å². The first kappa shape index (κ1) is 16.3. The Morgan fingerprint density at radius 3 is 2.48 bits per heavy atom. The van der Waals surface area contributed by atoms with E-state index in [1.54, 1.807) is 6.07 Å². The van der Waals surface area contributed by atoms with Crippen molar-refractivity contribution in [3.63, 3.8) is 0 Å². The van der Waals surface area contributed by atoms with Gasteiger partial charge in [0.15, 0.2) is 6.29 Å². The molecule has 0 spiro atoms. The number of carbonyl (C=O) groups excluding carboxylic acids is 1. The van der Waals surface area contributed by atoms with Crippen LogP contribution < -0.4 is 0 Å². The van der Waals surface area contributed by atoms with Gasteiger partial charge in [0.1, 0.15) is 5.69 Å². The van der Waals surface area contributed by atoms with E-state index >= 15 is 0 Å². The molecule has 2 aliphatic heterocycles. The van der Waals surface area contributed by atoms with Gasteiger partial charge in [-0.2, -0.15) is 0 Å². The van der Waals surface area contributed by atoms with Crippen molar-refractivity contribution in [1.29, 1.82) is 0 Å². The van der Waals surface area contributed by atoms with Gasteiger partial charge in [0.05, 0.1) is 13.2 Å². The van der Waals surface area contributed by atoms with E-state index in [9.17, 15) is 4.79 Å². The fraction of sp³-hybridized carbons (Fsp3) is 0.474. The van der Waals surface area contributed by atoms with Gasteiger partial charge in [-0.3, -0.25) is 4.79 Å². The molecule has 3 heterocycles. The second kappa shape index (κ2) is 6.98. The molecule has 0 N–H and O–H groups in total. The second-order valence-corrected chi connectivity index (χ2v) is 6.68. The van der Waals surface area contributed by atoms with Gasteiger partial charge in [-0.15, -0.1) is 0 Å². The molecule has 2 fully saturated rings. The van der Waals surface area contributed by atoms with Crippen molar-refractivity contribution < 1.29 is 18.8 Å². The van der Waals surface area contributed by atoms with Gasteiger partial charge in [0.2, 0.25) is 5.76 Å². The number of carbonyl (C=O) groups is 1. The summed E-state index contributed by atoms with van der Waals surface area (Å²) < 4.78 is 16.5. The molecule has 2 aromatic rings. The Morgan fingerprint density at radius 1 is 1.12 bits per heavy atom. The number of aromatic nitrogens is 1. The molecule has 1 amide bonds. The lowest BCUT2D eigenvalue weighted by Gasteiger charge is -2.33. The molecule has 1 aromatic carbocycles. The molecule has 2 saturated heterocycles. The molecule has 0 radical (unpaired) electrons. The summed E-state index contributed by atoms with van der Waals surface area (Å²) in [6, 6.07) is 9.72. The Kier molecular flexibility index (Phi) is 4.55. The zero-order chi connectivity index (χ0) is 17.2. The number of hydrogen-bond donors (Lipinski definition) is 0. The maximum atomic E-state index is 12.7. The van der Waals surface area contributed by atoms with E-state index in [4.69, 9.17) is 14.0 Å². The van der Waals surface area contributed by atoms with E-state index in [0.717, 1.165) is 18.4 Å². The highest BCUT2D eigenvalue weighted by atomic mass is 16.7. The van der Waals surface area contributed by atoms with Crippen LogP contribution in [0.2, 0.25) is 0 Å². The monoisotopic (exact) mass is 342 g/mol. The zero-order valence-corrected chi connectivity index (χ0v) is 14.3. The first-order valence-corrected chi connectivity index (χ1v) is 8.77. The molecule has 2 aliphatic rings. The van der Waals surface area contributed by atoms with Crippen LogP contribution in [0.25, 0.3) is 11.3 Å². The van der Waals surface area contributed by atoms with Crippen molar-refractivity contribution in [1.82, 2.24) is 10.1 Å². The number of benzene rings is 1. The molecule has 1 aromatic heterocycles.